The summed E-state index contributed by atoms with van der Waals surface area (Å²) < 4.78 is 6.34. The van der Waals surface area contributed by atoms with Crippen LogP contribution in [0.1, 0.15) is 77.5 Å². The number of nitrogens with two attached hydrogens (primary N) is 1. The van der Waals surface area contributed by atoms with Crippen LogP contribution in [-0.4, -0.2) is 81.6 Å². The lowest BCUT2D eigenvalue weighted by molar-refractivity contribution is -0.135. The van der Waals surface area contributed by atoms with Crippen molar-refractivity contribution >= 4 is 52.3 Å². The number of carbonyl (C=O) groups excluding carboxylic acids is 2. The number of H-pyrrole nitrogens is 2. The van der Waals surface area contributed by atoms with E-state index in [-0.39, 0.29) is 29.8 Å². The molecule has 0 saturated carbocycles. The van der Waals surface area contributed by atoms with E-state index in [1.54, 1.807) is 4.90 Å². The molecule has 0 saturated heterocycles. The number of ether oxygens (including phenoxy) is 1. The van der Waals surface area contributed by atoms with E-state index in [0.717, 1.165) is 74.2 Å². The molecule has 13 nitrogen and oxygen atoms in total. The molecule has 0 radical (unpaired) electrons. The molecule has 53 heavy (non-hydrogen) atoms. The fourth-order valence-electron chi connectivity index (χ4n) is 6.68. The van der Waals surface area contributed by atoms with Crippen LogP contribution in [0.4, 0.5) is 4.79 Å². The average Bonchev–Trinajstić information content (AvgIpc) is 3.81. The van der Waals surface area contributed by atoms with Crippen LogP contribution in [0.25, 0.3) is 44.2 Å². The van der Waals surface area contributed by atoms with E-state index >= 15 is 0 Å². The molecule has 2 aromatic heterocycles. The maximum Gasteiger partial charge on any atom is 0.422 e. The Bertz CT molecular complexity index is 2150. The van der Waals surface area contributed by atoms with E-state index in [2.05, 4.69) is 65.7 Å². The Hall–Kier alpha value is -5.08. The average molecular weight is 741 g/mol. The van der Waals surface area contributed by atoms with Gasteiger partial charge in [0, 0.05) is 34.7 Å². The molecule has 5 aromatic rings. The molecule has 3 atom stereocenters. The predicted molar refractivity (Wildman–Crippen MR) is 208 cm³/mol. The minimum absolute atomic E-state index is 0.0359. The Morgan fingerprint density at radius 3 is 2.34 bits per heavy atom. The van der Waals surface area contributed by atoms with Crippen LogP contribution in [0.3, 0.4) is 0 Å². The largest absolute Gasteiger partial charge is 0.488 e. The third-order valence-electron chi connectivity index (χ3n) is 10.3. The lowest BCUT2D eigenvalue weighted by Gasteiger charge is -2.29. The molecule has 3 heterocycles. The molecular weight excluding hydrogens is 693 g/mol. The molecule has 0 unspecified atom stereocenters. The zero-order valence-electron chi connectivity index (χ0n) is 30.8. The SMILES string of the molecule is CC[C@H](S)CC(=O)N(Cc1ncc(-c2ccc3c(c2)COc2cc4c(ccc5[nH]c(CN(C(=O)CN(N)C(=O)O)[C@@H](C)CC)nc54)cc2-3)[nH]1)[C@@H](C)CC. The van der Waals surface area contributed by atoms with Crippen molar-refractivity contribution in [1.29, 1.82) is 0 Å². The molecule has 0 aliphatic carbocycles. The molecule has 3 aromatic carbocycles. The normalized spacial score (nSPS) is 13.9. The Morgan fingerprint density at radius 1 is 0.925 bits per heavy atom. The molecule has 0 bridgehead atoms. The smallest absolute Gasteiger partial charge is 0.422 e. The van der Waals surface area contributed by atoms with E-state index in [4.69, 9.17) is 20.7 Å². The number of carbonyl (C=O) groups is 3. The monoisotopic (exact) mass is 740 g/mol. The summed E-state index contributed by atoms with van der Waals surface area (Å²) in [5.74, 6) is 7.28. The Balaban J connectivity index is 1.24. The number of benzene rings is 3. The second-order valence-corrected chi connectivity index (χ2v) is 14.6. The fraction of sp³-hybridized carbons (Fsp3) is 0.410. The van der Waals surface area contributed by atoms with Gasteiger partial charge in [0.25, 0.3) is 0 Å². The molecule has 280 valence electrons. The number of thiol groups is 1. The summed E-state index contributed by atoms with van der Waals surface area (Å²) in [5, 5.41) is 11.6. The van der Waals surface area contributed by atoms with Crippen molar-refractivity contribution in [1.82, 2.24) is 34.7 Å². The van der Waals surface area contributed by atoms with E-state index in [1.165, 1.54) is 0 Å². The first kappa shape index (κ1) is 37.7. The first-order valence-electron chi connectivity index (χ1n) is 18.2. The van der Waals surface area contributed by atoms with Gasteiger partial charge in [-0.3, -0.25) is 9.59 Å². The lowest BCUT2D eigenvalue weighted by Crippen LogP contribution is -2.48. The van der Waals surface area contributed by atoms with Crippen molar-refractivity contribution in [2.45, 2.75) is 97.3 Å². The van der Waals surface area contributed by atoms with Crippen molar-refractivity contribution in [3.63, 3.8) is 0 Å². The molecule has 5 N–H and O–H groups in total. The highest BCUT2D eigenvalue weighted by Crippen LogP contribution is 2.42. The summed E-state index contributed by atoms with van der Waals surface area (Å²) in [6.07, 6.45) is 3.21. The molecule has 6 rings (SSSR count). The van der Waals surface area contributed by atoms with Gasteiger partial charge in [0.15, 0.2) is 0 Å². The van der Waals surface area contributed by atoms with Crippen molar-refractivity contribution in [3.05, 3.63) is 65.9 Å². The number of rotatable bonds is 14. The van der Waals surface area contributed by atoms with Gasteiger partial charge < -0.3 is 29.6 Å². The number of nitrogens with one attached hydrogen (secondary N) is 2. The summed E-state index contributed by atoms with van der Waals surface area (Å²) >= 11 is 4.55. The first-order chi connectivity index (χ1) is 25.4. The Morgan fingerprint density at radius 2 is 1.64 bits per heavy atom. The van der Waals surface area contributed by atoms with Crippen molar-refractivity contribution in [3.8, 4) is 28.1 Å². The molecular formula is C39H48N8O5S. The summed E-state index contributed by atoms with van der Waals surface area (Å²) in [4.78, 5) is 57.2. The molecule has 1 aliphatic rings. The standard InChI is InChI=1S/C39H48N8O5S/c1-6-22(4)45(36(48)15-27(53)8-3)18-34-41-17-32(43-34)25-9-11-28-26(13-25)21-52-33-16-29-24(14-30(28)33)10-12-31-38(29)44-35(42-31)19-46(23(5)7-2)37(49)20-47(40)39(50)51/h9-14,16-17,22-23,27,53H,6-8,15,18-21,40H2,1-5H3,(H,41,43)(H,42,44)(H,50,51)/t22-,23-,27-/m0/s1. The lowest BCUT2D eigenvalue weighted by atomic mass is 9.92. The number of aromatic amines is 2. The zero-order valence-corrected chi connectivity index (χ0v) is 31.7. The van der Waals surface area contributed by atoms with Gasteiger partial charge in [-0.2, -0.15) is 12.6 Å². The quantitative estimate of drug-likeness (QED) is 0.0355. The number of nitrogens with zero attached hydrogens (tertiary/aromatic N) is 5. The van der Waals surface area contributed by atoms with Crippen LogP contribution in [-0.2, 0) is 29.3 Å². The minimum Gasteiger partial charge on any atom is -0.488 e. The number of amides is 3. The Kier molecular flexibility index (Phi) is 11.3. The van der Waals surface area contributed by atoms with Crippen molar-refractivity contribution in [2.24, 2.45) is 5.84 Å². The summed E-state index contributed by atoms with van der Waals surface area (Å²) in [5.41, 5.74) is 6.56. The van der Waals surface area contributed by atoms with Gasteiger partial charge in [-0.15, -0.1) is 0 Å². The third kappa shape index (κ3) is 7.98. The van der Waals surface area contributed by atoms with Gasteiger partial charge in [-0.1, -0.05) is 39.0 Å². The van der Waals surface area contributed by atoms with Crippen LogP contribution < -0.4 is 10.6 Å². The van der Waals surface area contributed by atoms with Crippen LogP contribution in [0.5, 0.6) is 5.75 Å². The van der Waals surface area contributed by atoms with E-state index < -0.39 is 18.5 Å². The second kappa shape index (κ2) is 15.9. The van der Waals surface area contributed by atoms with Gasteiger partial charge in [-0.25, -0.2) is 25.6 Å². The highest BCUT2D eigenvalue weighted by atomic mass is 32.1. The highest BCUT2D eigenvalue weighted by Gasteiger charge is 2.26. The highest BCUT2D eigenvalue weighted by molar-refractivity contribution is 7.81. The maximum atomic E-state index is 13.1. The fourth-order valence-corrected chi connectivity index (χ4v) is 6.84. The third-order valence-corrected chi connectivity index (χ3v) is 10.8. The molecule has 14 heteroatoms. The predicted octanol–water partition coefficient (Wildman–Crippen LogP) is 6.87. The van der Waals surface area contributed by atoms with Crippen molar-refractivity contribution in [2.75, 3.05) is 6.54 Å². The van der Waals surface area contributed by atoms with Gasteiger partial charge in [0.05, 0.1) is 36.0 Å². The van der Waals surface area contributed by atoms with Crippen LogP contribution in [0.15, 0.2) is 48.7 Å². The molecule has 0 spiro atoms. The summed E-state index contributed by atoms with van der Waals surface area (Å²) in [6, 6.07) is 14.4. The minimum atomic E-state index is -1.37. The number of imidazole rings is 2. The number of hydrazine groups is 1. The van der Waals surface area contributed by atoms with E-state index in [9.17, 15) is 14.4 Å². The first-order valence-corrected chi connectivity index (χ1v) is 18.7. The number of carboxylic acid groups (broad SMARTS) is 1. The zero-order chi connectivity index (χ0) is 38.0. The molecule has 3 amide bonds. The topological polar surface area (TPSA) is 174 Å². The number of hydrogen-bond acceptors (Lipinski definition) is 8. The van der Waals surface area contributed by atoms with Crippen molar-refractivity contribution < 1.29 is 24.2 Å². The second-order valence-electron chi connectivity index (χ2n) is 13.9. The van der Waals surface area contributed by atoms with E-state index in [1.807, 2.05) is 50.1 Å². The van der Waals surface area contributed by atoms with Gasteiger partial charge >= 0.3 is 6.09 Å². The number of aromatic nitrogens is 4. The number of fused-ring (bicyclic) bond motifs is 6. The Labute approximate surface area is 314 Å². The van der Waals surface area contributed by atoms with Crippen LogP contribution >= 0.6 is 12.6 Å². The maximum absolute atomic E-state index is 13.1. The molecule has 0 fully saturated rings. The van der Waals surface area contributed by atoms with Crippen LogP contribution in [0, 0.1) is 0 Å². The number of hydrogen-bond donors (Lipinski definition) is 5. The summed E-state index contributed by atoms with van der Waals surface area (Å²) in [7, 11) is 0. The van der Waals surface area contributed by atoms with Gasteiger partial charge in [0.1, 0.15) is 30.5 Å². The molecule has 1 aliphatic heterocycles. The summed E-state index contributed by atoms with van der Waals surface area (Å²) in [6.45, 7) is 10.6. The van der Waals surface area contributed by atoms with Gasteiger partial charge in [0.2, 0.25) is 11.8 Å². The van der Waals surface area contributed by atoms with Crippen LogP contribution in [0.2, 0.25) is 0 Å². The van der Waals surface area contributed by atoms with Gasteiger partial charge in [-0.05, 0) is 79.5 Å². The van der Waals surface area contributed by atoms with E-state index in [0.29, 0.717) is 36.8 Å².